The molecule has 2 heterocycles. The average Bonchev–Trinajstić information content (AvgIpc) is 2.42. The standard InChI is InChI=1S/C15H31N3O/c1-17-7-4-14(5-8-17)10-18(2)12-15(11-16)6-3-9-19-13-15/h14H,3-13,16H2,1-2H3. The molecule has 0 aliphatic carbocycles. The van der Waals surface area contributed by atoms with Gasteiger partial charge in [-0.15, -0.1) is 0 Å². The van der Waals surface area contributed by atoms with E-state index in [-0.39, 0.29) is 5.41 Å². The predicted octanol–water partition coefficient (Wildman–Crippen LogP) is 1.02. The fraction of sp³-hybridized carbons (Fsp3) is 1.00. The third kappa shape index (κ3) is 4.42. The quantitative estimate of drug-likeness (QED) is 0.809. The van der Waals surface area contributed by atoms with Crippen LogP contribution in [0.5, 0.6) is 0 Å². The second-order valence-electron chi connectivity index (χ2n) is 6.80. The molecule has 0 amide bonds. The van der Waals surface area contributed by atoms with E-state index in [0.717, 1.165) is 32.2 Å². The van der Waals surface area contributed by atoms with Crippen LogP contribution in [-0.2, 0) is 4.74 Å². The van der Waals surface area contributed by atoms with Crippen molar-refractivity contribution in [2.24, 2.45) is 17.1 Å². The molecule has 1 unspecified atom stereocenters. The number of hydrogen-bond donors (Lipinski definition) is 1. The van der Waals surface area contributed by atoms with Crippen molar-refractivity contribution in [3.8, 4) is 0 Å². The van der Waals surface area contributed by atoms with Gasteiger partial charge in [0.05, 0.1) is 6.61 Å². The minimum atomic E-state index is 0.207. The van der Waals surface area contributed by atoms with Crippen molar-refractivity contribution in [3.05, 3.63) is 0 Å². The molecule has 4 nitrogen and oxygen atoms in total. The molecule has 0 spiro atoms. The van der Waals surface area contributed by atoms with Gasteiger partial charge in [0.2, 0.25) is 0 Å². The van der Waals surface area contributed by atoms with E-state index >= 15 is 0 Å². The van der Waals surface area contributed by atoms with Crippen LogP contribution in [0, 0.1) is 11.3 Å². The average molecular weight is 269 g/mol. The molecule has 2 fully saturated rings. The smallest absolute Gasteiger partial charge is 0.0546 e. The summed E-state index contributed by atoms with van der Waals surface area (Å²) in [4.78, 5) is 4.93. The Morgan fingerprint density at radius 2 is 2.11 bits per heavy atom. The molecule has 0 bridgehead atoms. The zero-order valence-corrected chi connectivity index (χ0v) is 12.7. The van der Waals surface area contributed by atoms with Crippen molar-refractivity contribution >= 4 is 0 Å². The fourth-order valence-corrected chi connectivity index (χ4v) is 3.58. The van der Waals surface area contributed by atoms with E-state index in [9.17, 15) is 0 Å². The molecule has 2 aliphatic rings. The zero-order chi connectivity index (χ0) is 13.7. The number of ether oxygens (including phenoxy) is 1. The molecule has 2 N–H and O–H groups in total. The van der Waals surface area contributed by atoms with Gasteiger partial charge in [0.1, 0.15) is 0 Å². The van der Waals surface area contributed by atoms with Crippen LogP contribution in [0.1, 0.15) is 25.7 Å². The maximum absolute atomic E-state index is 6.02. The van der Waals surface area contributed by atoms with E-state index in [1.54, 1.807) is 0 Å². The monoisotopic (exact) mass is 269 g/mol. The highest BCUT2D eigenvalue weighted by Crippen LogP contribution is 2.29. The predicted molar refractivity (Wildman–Crippen MR) is 79.3 cm³/mol. The molecule has 2 rings (SSSR count). The highest BCUT2D eigenvalue weighted by Gasteiger charge is 2.33. The number of nitrogens with zero attached hydrogens (tertiary/aromatic N) is 2. The molecule has 0 saturated carbocycles. The Bertz CT molecular complexity index is 258. The molecular formula is C15H31N3O. The highest BCUT2D eigenvalue weighted by atomic mass is 16.5. The molecule has 4 heteroatoms. The van der Waals surface area contributed by atoms with Gasteiger partial charge in [-0.25, -0.2) is 0 Å². The first-order valence-corrected chi connectivity index (χ1v) is 7.78. The lowest BCUT2D eigenvalue weighted by atomic mass is 9.82. The molecule has 2 saturated heterocycles. The summed E-state index contributed by atoms with van der Waals surface area (Å²) in [5, 5.41) is 0. The van der Waals surface area contributed by atoms with Gasteiger partial charge >= 0.3 is 0 Å². The van der Waals surface area contributed by atoms with Gasteiger partial charge in [-0.05, 0) is 58.8 Å². The molecule has 0 aromatic carbocycles. The number of likely N-dealkylation sites (tertiary alicyclic amines) is 1. The van der Waals surface area contributed by atoms with Gasteiger partial charge in [-0.1, -0.05) is 0 Å². The van der Waals surface area contributed by atoms with Crippen LogP contribution in [0.15, 0.2) is 0 Å². The van der Waals surface area contributed by atoms with Gasteiger partial charge in [-0.2, -0.15) is 0 Å². The van der Waals surface area contributed by atoms with E-state index in [4.69, 9.17) is 10.5 Å². The second kappa shape index (κ2) is 7.02. The Morgan fingerprint density at radius 3 is 2.68 bits per heavy atom. The van der Waals surface area contributed by atoms with Crippen LogP contribution in [0.25, 0.3) is 0 Å². The highest BCUT2D eigenvalue weighted by molar-refractivity contribution is 4.86. The summed E-state index contributed by atoms with van der Waals surface area (Å²) in [5.41, 5.74) is 6.23. The Balaban J connectivity index is 1.77. The van der Waals surface area contributed by atoms with Crippen LogP contribution in [0.3, 0.4) is 0 Å². The van der Waals surface area contributed by atoms with E-state index in [0.29, 0.717) is 0 Å². The van der Waals surface area contributed by atoms with Crippen LogP contribution in [-0.4, -0.2) is 69.8 Å². The third-order valence-corrected chi connectivity index (χ3v) is 4.85. The lowest BCUT2D eigenvalue weighted by Gasteiger charge is -2.40. The molecule has 0 aromatic heterocycles. The first kappa shape index (κ1) is 15.2. The number of hydrogen-bond acceptors (Lipinski definition) is 4. The molecule has 2 aliphatic heterocycles. The van der Waals surface area contributed by atoms with Crippen LogP contribution >= 0.6 is 0 Å². The lowest BCUT2D eigenvalue weighted by Crippen LogP contribution is -2.48. The van der Waals surface area contributed by atoms with Crippen molar-refractivity contribution in [3.63, 3.8) is 0 Å². The SMILES string of the molecule is CN1CCC(CN(C)CC2(CN)CCCOC2)CC1. The largest absolute Gasteiger partial charge is 0.381 e. The number of piperidine rings is 1. The maximum Gasteiger partial charge on any atom is 0.0546 e. The van der Waals surface area contributed by atoms with Crippen molar-refractivity contribution < 1.29 is 4.74 Å². The van der Waals surface area contributed by atoms with Crippen LogP contribution in [0.2, 0.25) is 0 Å². The Kier molecular flexibility index (Phi) is 5.63. The molecule has 0 radical (unpaired) electrons. The van der Waals surface area contributed by atoms with Gasteiger partial charge in [0, 0.05) is 31.7 Å². The summed E-state index contributed by atoms with van der Waals surface area (Å²) in [6.45, 7) is 7.34. The summed E-state index contributed by atoms with van der Waals surface area (Å²) < 4.78 is 5.67. The van der Waals surface area contributed by atoms with Gasteiger partial charge in [0.15, 0.2) is 0 Å². The number of rotatable bonds is 5. The normalized spacial score (nSPS) is 30.9. The maximum atomic E-state index is 6.02. The topological polar surface area (TPSA) is 41.7 Å². The third-order valence-electron chi connectivity index (χ3n) is 4.85. The number of nitrogens with two attached hydrogens (primary N) is 1. The van der Waals surface area contributed by atoms with E-state index < -0.39 is 0 Å². The summed E-state index contributed by atoms with van der Waals surface area (Å²) in [5.74, 6) is 0.862. The van der Waals surface area contributed by atoms with Crippen LogP contribution in [0.4, 0.5) is 0 Å². The molecule has 1 atom stereocenters. The molecule has 19 heavy (non-hydrogen) atoms. The van der Waals surface area contributed by atoms with Gasteiger partial charge in [-0.3, -0.25) is 0 Å². The van der Waals surface area contributed by atoms with Gasteiger partial charge < -0.3 is 20.3 Å². The zero-order valence-electron chi connectivity index (χ0n) is 12.7. The van der Waals surface area contributed by atoms with Crippen LogP contribution < -0.4 is 5.73 Å². The van der Waals surface area contributed by atoms with E-state index in [2.05, 4.69) is 23.9 Å². The Morgan fingerprint density at radius 1 is 1.37 bits per heavy atom. The first-order chi connectivity index (χ1) is 9.13. The van der Waals surface area contributed by atoms with Crippen molar-refractivity contribution in [1.82, 2.24) is 9.80 Å². The Labute approximate surface area is 118 Å². The molecule has 112 valence electrons. The fourth-order valence-electron chi connectivity index (χ4n) is 3.58. The minimum Gasteiger partial charge on any atom is -0.381 e. The summed E-state index contributed by atoms with van der Waals surface area (Å²) >= 11 is 0. The summed E-state index contributed by atoms with van der Waals surface area (Å²) in [7, 11) is 4.48. The molecular weight excluding hydrogens is 238 g/mol. The van der Waals surface area contributed by atoms with Crippen molar-refractivity contribution in [1.29, 1.82) is 0 Å². The van der Waals surface area contributed by atoms with Crippen molar-refractivity contribution in [2.45, 2.75) is 25.7 Å². The minimum absolute atomic E-state index is 0.207. The summed E-state index contributed by atoms with van der Waals surface area (Å²) in [6.07, 6.45) is 5.07. The lowest BCUT2D eigenvalue weighted by molar-refractivity contribution is -0.0209. The molecule has 0 aromatic rings. The van der Waals surface area contributed by atoms with Gasteiger partial charge in [0.25, 0.3) is 0 Å². The summed E-state index contributed by atoms with van der Waals surface area (Å²) in [6, 6.07) is 0. The first-order valence-electron chi connectivity index (χ1n) is 7.78. The van der Waals surface area contributed by atoms with E-state index in [1.165, 1.54) is 45.3 Å². The van der Waals surface area contributed by atoms with E-state index in [1.807, 2.05) is 0 Å². The Hall–Kier alpha value is -0.160. The second-order valence-corrected chi connectivity index (χ2v) is 6.80. The van der Waals surface area contributed by atoms with Crippen molar-refractivity contribution in [2.75, 3.05) is 60.0 Å².